The van der Waals surface area contributed by atoms with Gasteiger partial charge in [-0.05, 0) is 42.3 Å². The van der Waals surface area contributed by atoms with Gasteiger partial charge in [-0.15, -0.1) is 0 Å². The largest absolute Gasteiger partial charge is 0.301 e. The molecule has 0 bridgehead atoms. The second-order valence-electron chi connectivity index (χ2n) is 6.48. The molecule has 1 heterocycles. The average Bonchev–Trinajstić information content (AvgIpc) is 2.64. The summed E-state index contributed by atoms with van der Waals surface area (Å²) in [4.78, 5) is 38.7. The summed E-state index contributed by atoms with van der Waals surface area (Å²) in [6.07, 6.45) is 1.95. The summed E-state index contributed by atoms with van der Waals surface area (Å²) in [6.45, 7) is 1.59. The summed E-state index contributed by atoms with van der Waals surface area (Å²) >= 11 is 11.9. The van der Waals surface area contributed by atoms with Crippen molar-refractivity contribution in [3.63, 3.8) is 0 Å². The number of hydrazine groups is 1. The summed E-state index contributed by atoms with van der Waals surface area (Å²) < 4.78 is 0. The maximum atomic E-state index is 12.5. The van der Waals surface area contributed by atoms with Crippen molar-refractivity contribution in [3.05, 3.63) is 63.6 Å². The van der Waals surface area contributed by atoms with E-state index < -0.39 is 11.8 Å². The van der Waals surface area contributed by atoms with Gasteiger partial charge >= 0.3 is 0 Å². The quantitative estimate of drug-likeness (QED) is 0.806. The molecule has 3 amide bonds. The lowest BCUT2D eigenvalue weighted by molar-refractivity contribution is -0.140. The third-order valence-corrected chi connectivity index (χ3v) is 4.78. The average molecular weight is 420 g/mol. The number of aryl methyl sites for hydroxylation is 1. The van der Waals surface area contributed by atoms with Gasteiger partial charge in [0.2, 0.25) is 5.91 Å². The number of hydrogen-bond acceptors (Lipinski definition) is 3. The van der Waals surface area contributed by atoms with Gasteiger partial charge in [0, 0.05) is 21.3 Å². The molecule has 3 rings (SSSR count). The van der Waals surface area contributed by atoms with Gasteiger partial charge < -0.3 is 4.90 Å². The van der Waals surface area contributed by atoms with E-state index in [1.165, 1.54) is 4.90 Å². The van der Waals surface area contributed by atoms with Crippen LogP contribution in [0.4, 0.5) is 5.69 Å². The molecule has 0 unspecified atom stereocenters. The Morgan fingerprint density at radius 1 is 1.00 bits per heavy atom. The Kier molecular flexibility index (Phi) is 6.21. The van der Waals surface area contributed by atoms with Gasteiger partial charge in [-0.1, -0.05) is 48.7 Å². The molecule has 1 aliphatic heterocycles. The fourth-order valence-electron chi connectivity index (χ4n) is 2.95. The van der Waals surface area contributed by atoms with Crippen LogP contribution in [0, 0.1) is 0 Å². The smallest absolute Gasteiger partial charge is 0.269 e. The van der Waals surface area contributed by atoms with Crippen LogP contribution < -0.4 is 10.3 Å². The monoisotopic (exact) mass is 419 g/mol. The molecule has 146 valence electrons. The van der Waals surface area contributed by atoms with Gasteiger partial charge in [-0.3, -0.25) is 19.8 Å². The van der Waals surface area contributed by atoms with Crippen LogP contribution in [0.15, 0.2) is 42.5 Å². The predicted octanol–water partition coefficient (Wildman–Crippen LogP) is 3.47. The first kappa shape index (κ1) is 20.2. The van der Waals surface area contributed by atoms with E-state index in [1.807, 2.05) is 12.1 Å². The van der Waals surface area contributed by atoms with Crippen molar-refractivity contribution in [1.82, 2.24) is 10.4 Å². The Morgan fingerprint density at radius 2 is 1.64 bits per heavy atom. The van der Waals surface area contributed by atoms with Gasteiger partial charge in [0.05, 0.1) is 0 Å². The van der Waals surface area contributed by atoms with E-state index in [1.54, 1.807) is 30.3 Å². The lowest BCUT2D eigenvalue weighted by Gasteiger charge is -2.33. The minimum atomic E-state index is -0.441. The predicted molar refractivity (Wildman–Crippen MR) is 108 cm³/mol. The molecule has 8 heteroatoms. The van der Waals surface area contributed by atoms with E-state index in [0.29, 0.717) is 21.3 Å². The van der Waals surface area contributed by atoms with E-state index in [4.69, 9.17) is 23.2 Å². The van der Waals surface area contributed by atoms with Crippen molar-refractivity contribution in [3.8, 4) is 0 Å². The van der Waals surface area contributed by atoms with Crippen LogP contribution in [-0.4, -0.2) is 35.8 Å². The first-order valence-corrected chi connectivity index (χ1v) is 9.59. The van der Waals surface area contributed by atoms with E-state index >= 15 is 0 Å². The molecular weight excluding hydrogens is 401 g/mol. The van der Waals surface area contributed by atoms with Gasteiger partial charge in [0.25, 0.3) is 11.8 Å². The van der Waals surface area contributed by atoms with Crippen molar-refractivity contribution in [2.45, 2.75) is 19.8 Å². The topological polar surface area (TPSA) is 69.7 Å². The SMILES string of the molecule is CCCc1ccc(C(=O)NN2CC(=O)N(c3cc(Cl)cc(Cl)c3)CC2=O)cc1. The second-order valence-corrected chi connectivity index (χ2v) is 7.35. The molecule has 2 aromatic rings. The molecule has 1 N–H and O–H groups in total. The number of benzene rings is 2. The number of halogens is 2. The van der Waals surface area contributed by atoms with Crippen LogP contribution in [-0.2, 0) is 16.0 Å². The molecule has 0 aromatic heterocycles. The highest BCUT2D eigenvalue weighted by Crippen LogP contribution is 2.26. The Hall–Kier alpha value is -2.57. The van der Waals surface area contributed by atoms with Crippen molar-refractivity contribution in [2.75, 3.05) is 18.0 Å². The molecular formula is C20H19Cl2N3O3. The van der Waals surface area contributed by atoms with Gasteiger partial charge in [0.1, 0.15) is 13.1 Å². The molecule has 0 aliphatic carbocycles. The zero-order valence-electron chi connectivity index (χ0n) is 15.2. The molecule has 0 spiro atoms. The highest BCUT2D eigenvalue weighted by molar-refractivity contribution is 6.35. The lowest BCUT2D eigenvalue weighted by Crippen LogP contribution is -2.59. The van der Waals surface area contributed by atoms with Crippen LogP contribution in [0.3, 0.4) is 0 Å². The molecule has 1 saturated heterocycles. The van der Waals surface area contributed by atoms with Crippen LogP contribution in [0.5, 0.6) is 0 Å². The molecule has 6 nitrogen and oxygen atoms in total. The Bertz CT molecular complexity index is 895. The van der Waals surface area contributed by atoms with Gasteiger partial charge in [-0.25, -0.2) is 5.01 Å². The minimum absolute atomic E-state index is 0.217. The second kappa shape index (κ2) is 8.63. The molecule has 2 aromatic carbocycles. The molecule has 28 heavy (non-hydrogen) atoms. The van der Waals surface area contributed by atoms with Gasteiger partial charge in [0.15, 0.2) is 0 Å². The number of anilines is 1. The Balaban J connectivity index is 1.68. The standard InChI is InChI=1S/C20H19Cl2N3O3/c1-2-3-13-4-6-14(7-5-13)20(28)23-25-12-18(26)24(11-19(25)27)17-9-15(21)8-16(22)10-17/h4-10H,2-3,11-12H2,1H3,(H,23,28). The van der Waals surface area contributed by atoms with Crippen LogP contribution in [0.25, 0.3) is 0 Å². The van der Waals surface area contributed by atoms with Crippen molar-refractivity contribution >= 4 is 46.6 Å². The number of rotatable bonds is 5. The number of carbonyl (C=O) groups is 3. The maximum Gasteiger partial charge on any atom is 0.269 e. The normalized spacial score (nSPS) is 14.4. The van der Waals surface area contributed by atoms with Gasteiger partial charge in [-0.2, -0.15) is 0 Å². The Morgan fingerprint density at radius 3 is 2.25 bits per heavy atom. The first-order chi connectivity index (χ1) is 13.4. The molecule has 1 fully saturated rings. The third kappa shape index (κ3) is 4.64. The third-order valence-electron chi connectivity index (χ3n) is 4.34. The number of nitrogens with one attached hydrogen (secondary N) is 1. The number of piperazine rings is 1. The fourth-order valence-corrected chi connectivity index (χ4v) is 3.46. The highest BCUT2D eigenvalue weighted by atomic mass is 35.5. The number of amides is 3. The maximum absolute atomic E-state index is 12.5. The zero-order chi connectivity index (χ0) is 20.3. The van der Waals surface area contributed by atoms with Crippen LogP contribution in [0.1, 0.15) is 29.3 Å². The highest BCUT2D eigenvalue weighted by Gasteiger charge is 2.32. The molecule has 0 atom stereocenters. The summed E-state index contributed by atoms with van der Waals surface area (Å²) in [7, 11) is 0. The number of hydrogen-bond donors (Lipinski definition) is 1. The summed E-state index contributed by atoms with van der Waals surface area (Å²) in [5.74, 6) is -1.20. The van der Waals surface area contributed by atoms with E-state index in [9.17, 15) is 14.4 Å². The molecule has 1 aliphatic rings. The van der Waals surface area contributed by atoms with E-state index in [-0.39, 0.29) is 19.0 Å². The minimum Gasteiger partial charge on any atom is -0.301 e. The number of carbonyl (C=O) groups excluding carboxylic acids is 3. The van der Waals surface area contributed by atoms with Crippen molar-refractivity contribution in [2.24, 2.45) is 0 Å². The van der Waals surface area contributed by atoms with Crippen LogP contribution >= 0.6 is 23.2 Å². The van der Waals surface area contributed by atoms with Crippen LogP contribution in [0.2, 0.25) is 10.0 Å². The molecule has 0 saturated carbocycles. The first-order valence-electron chi connectivity index (χ1n) is 8.84. The number of nitrogens with zero attached hydrogens (tertiary/aromatic N) is 2. The summed E-state index contributed by atoms with van der Waals surface area (Å²) in [6, 6.07) is 11.8. The van der Waals surface area contributed by atoms with E-state index in [2.05, 4.69) is 12.3 Å². The fraction of sp³-hybridized carbons (Fsp3) is 0.250. The lowest BCUT2D eigenvalue weighted by atomic mass is 10.1. The van der Waals surface area contributed by atoms with Crippen molar-refractivity contribution < 1.29 is 14.4 Å². The zero-order valence-corrected chi connectivity index (χ0v) is 16.8. The Labute approximate surface area is 173 Å². The summed E-state index contributed by atoms with van der Waals surface area (Å²) in [5.41, 5.74) is 4.50. The molecule has 0 radical (unpaired) electrons. The van der Waals surface area contributed by atoms with E-state index in [0.717, 1.165) is 23.4 Å². The summed E-state index contributed by atoms with van der Waals surface area (Å²) in [5, 5.41) is 1.77. The van der Waals surface area contributed by atoms with Crippen molar-refractivity contribution in [1.29, 1.82) is 0 Å².